The standard InChI is InChI=1S/C16H16ClN3O2S/c1-2-6-23-16-19-14-13(15(22)20-16)11(8-12(21)18-14)9-4-3-5-10(17)7-9/h3-5,7,11H,2,6,8H2,1H3,(H2,18,19,20,21,22). The van der Waals surface area contributed by atoms with Gasteiger partial charge in [-0.1, -0.05) is 42.4 Å². The molecule has 5 nitrogen and oxygen atoms in total. The van der Waals surface area contributed by atoms with Gasteiger partial charge in [-0.2, -0.15) is 0 Å². The zero-order valence-electron chi connectivity index (χ0n) is 12.6. The molecule has 1 aromatic heterocycles. The van der Waals surface area contributed by atoms with Crippen LogP contribution in [-0.4, -0.2) is 21.6 Å². The molecule has 0 aliphatic carbocycles. The minimum absolute atomic E-state index is 0.146. The second-order valence-electron chi connectivity index (χ2n) is 5.34. The number of hydrogen-bond donors (Lipinski definition) is 2. The summed E-state index contributed by atoms with van der Waals surface area (Å²) in [5.41, 5.74) is 1.13. The van der Waals surface area contributed by atoms with Gasteiger partial charge in [0.1, 0.15) is 5.82 Å². The molecule has 3 rings (SSSR count). The Kier molecular flexibility index (Phi) is 4.73. The number of nitrogens with one attached hydrogen (secondary N) is 2. The van der Waals surface area contributed by atoms with Crippen molar-refractivity contribution in [2.24, 2.45) is 0 Å². The molecular formula is C16H16ClN3O2S. The highest BCUT2D eigenvalue weighted by atomic mass is 35.5. The predicted octanol–water partition coefficient (Wildman–Crippen LogP) is 3.40. The summed E-state index contributed by atoms with van der Waals surface area (Å²) in [4.78, 5) is 31.8. The average molecular weight is 350 g/mol. The maximum atomic E-state index is 12.5. The zero-order chi connectivity index (χ0) is 16.4. The summed E-state index contributed by atoms with van der Waals surface area (Å²) < 4.78 is 0. The van der Waals surface area contributed by atoms with E-state index in [0.29, 0.717) is 21.6 Å². The Morgan fingerprint density at radius 3 is 2.96 bits per heavy atom. The third-order valence-corrected chi connectivity index (χ3v) is 4.94. The molecule has 1 amide bonds. The first-order chi connectivity index (χ1) is 11.1. The number of carbonyl (C=O) groups is 1. The number of anilines is 1. The van der Waals surface area contributed by atoms with E-state index in [2.05, 4.69) is 22.2 Å². The van der Waals surface area contributed by atoms with E-state index in [1.807, 2.05) is 12.1 Å². The van der Waals surface area contributed by atoms with Gasteiger partial charge in [-0.05, 0) is 24.1 Å². The highest BCUT2D eigenvalue weighted by molar-refractivity contribution is 7.99. The van der Waals surface area contributed by atoms with Crippen LogP contribution in [0, 0.1) is 0 Å². The van der Waals surface area contributed by atoms with E-state index in [9.17, 15) is 9.59 Å². The Balaban J connectivity index is 2.07. The summed E-state index contributed by atoms with van der Waals surface area (Å²) in [7, 11) is 0. The molecule has 120 valence electrons. The molecule has 0 saturated heterocycles. The van der Waals surface area contributed by atoms with E-state index >= 15 is 0 Å². The van der Waals surface area contributed by atoms with Gasteiger partial charge in [0, 0.05) is 23.1 Å². The molecule has 0 bridgehead atoms. The third-order valence-electron chi connectivity index (χ3n) is 3.62. The summed E-state index contributed by atoms with van der Waals surface area (Å²) in [5.74, 6) is 0.729. The number of aromatic nitrogens is 2. The number of halogens is 1. The number of hydrogen-bond acceptors (Lipinski definition) is 4. The number of benzene rings is 1. The molecule has 2 aromatic rings. The van der Waals surface area contributed by atoms with Crippen LogP contribution in [0.4, 0.5) is 5.82 Å². The van der Waals surface area contributed by atoms with Crippen LogP contribution in [0.15, 0.2) is 34.2 Å². The third kappa shape index (κ3) is 3.43. The highest BCUT2D eigenvalue weighted by Crippen LogP contribution is 2.35. The van der Waals surface area contributed by atoms with Gasteiger partial charge < -0.3 is 10.3 Å². The number of aromatic amines is 1. The second kappa shape index (κ2) is 6.76. The first-order valence-corrected chi connectivity index (χ1v) is 8.77. The summed E-state index contributed by atoms with van der Waals surface area (Å²) in [6.07, 6.45) is 1.18. The number of nitrogens with zero attached hydrogens (tertiary/aromatic N) is 1. The number of H-pyrrole nitrogens is 1. The van der Waals surface area contributed by atoms with Crippen LogP contribution < -0.4 is 10.9 Å². The van der Waals surface area contributed by atoms with E-state index in [1.54, 1.807) is 12.1 Å². The van der Waals surface area contributed by atoms with Crippen molar-refractivity contribution in [3.63, 3.8) is 0 Å². The molecule has 0 fully saturated rings. The second-order valence-corrected chi connectivity index (χ2v) is 6.86. The number of thioether (sulfide) groups is 1. The first kappa shape index (κ1) is 16.1. The fourth-order valence-corrected chi connectivity index (χ4v) is 3.54. The first-order valence-electron chi connectivity index (χ1n) is 7.40. The van der Waals surface area contributed by atoms with Crippen molar-refractivity contribution in [1.82, 2.24) is 9.97 Å². The summed E-state index contributed by atoms with van der Waals surface area (Å²) in [5, 5.41) is 3.82. The van der Waals surface area contributed by atoms with Crippen molar-refractivity contribution < 1.29 is 4.79 Å². The number of carbonyl (C=O) groups excluding carboxylic acids is 1. The molecule has 2 heterocycles. The van der Waals surface area contributed by atoms with E-state index in [1.165, 1.54) is 11.8 Å². The van der Waals surface area contributed by atoms with E-state index < -0.39 is 0 Å². The molecule has 1 aliphatic heterocycles. The minimum Gasteiger partial charge on any atom is -0.310 e. The maximum absolute atomic E-state index is 12.5. The van der Waals surface area contributed by atoms with Crippen molar-refractivity contribution in [3.05, 3.63) is 50.8 Å². The van der Waals surface area contributed by atoms with E-state index in [-0.39, 0.29) is 23.8 Å². The van der Waals surface area contributed by atoms with Crippen LogP contribution in [0.2, 0.25) is 5.02 Å². The SMILES string of the molecule is CCCSc1nc2c(c(=O)[nH]1)C(c1cccc(Cl)c1)CC(=O)N2. The van der Waals surface area contributed by atoms with Gasteiger partial charge in [-0.3, -0.25) is 9.59 Å². The number of rotatable bonds is 4. The quantitative estimate of drug-likeness (QED) is 0.655. The molecule has 0 saturated carbocycles. The summed E-state index contributed by atoms with van der Waals surface area (Å²) in [6, 6.07) is 7.24. The Hall–Kier alpha value is -1.79. The predicted molar refractivity (Wildman–Crippen MR) is 92.4 cm³/mol. The lowest BCUT2D eigenvalue weighted by molar-refractivity contribution is -0.116. The Morgan fingerprint density at radius 1 is 1.39 bits per heavy atom. The van der Waals surface area contributed by atoms with Crippen LogP contribution in [0.25, 0.3) is 0 Å². The molecule has 0 radical (unpaired) electrons. The fourth-order valence-electron chi connectivity index (χ4n) is 2.63. The van der Waals surface area contributed by atoms with Crippen molar-refractivity contribution in [1.29, 1.82) is 0 Å². The van der Waals surface area contributed by atoms with Crippen molar-refractivity contribution in [2.75, 3.05) is 11.1 Å². The van der Waals surface area contributed by atoms with E-state index in [4.69, 9.17) is 11.6 Å². The minimum atomic E-state index is -0.334. The summed E-state index contributed by atoms with van der Waals surface area (Å²) in [6.45, 7) is 2.06. The largest absolute Gasteiger partial charge is 0.310 e. The fraction of sp³-hybridized carbons (Fsp3) is 0.312. The Morgan fingerprint density at radius 2 is 2.22 bits per heavy atom. The van der Waals surface area contributed by atoms with Crippen LogP contribution in [-0.2, 0) is 4.79 Å². The van der Waals surface area contributed by atoms with Gasteiger partial charge in [0.25, 0.3) is 5.56 Å². The molecule has 23 heavy (non-hydrogen) atoms. The topological polar surface area (TPSA) is 74.8 Å². The smallest absolute Gasteiger partial charge is 0.257 e. The average Bonchev–Trinajstić information content (AvgIpc) is 2.51. The lowest BCUT2D eigenvalue weighted by Crippen LogP contribution is -2.31. The van der Waals surface area contributed by atoms with Gasteiger partial charge in [-0.25, -0.2) is 4.98 Å². The van der Waals surface area contributed by atoms with Gasteiger partial charge in [0.2, 0.25) is 5.91 Å². The molecule has 1 atom stereocenters. The number of amides is 1. The monoisotopic (exact) mass is 349 g/mol. The van der Waals surface area contributed by atoms with Crippen LogP contribution in [0.5, 0.6) is 0 Å². The molecular weight excluding hydrogens is 334 g/mol. The lowest BCUT2D eigenvalue weighted by Gasteiger charge is -2.24. The van der Waals surface area contributed by atoms with Crippen LogP contribution in [0.1, 0.15) is 36.8 Å². The van der Waals surface area contributed by atoms with Crippen LogP contribution in [0.3, 0.4) is 0 Å². The normalized spacial score (nSPS) is 16.8. The molecule has 0 spiro atoms. The van der Waals surface area contributed by atoms with Crippen molar-refractivity contribution in [2.45, 2.75) is 30.8 Å². The Labute approximate surface area is 142 Å². The van der Waals surface area contributed by atoms with Gasteiger partial charge in [0.05, 0.1) is 5.56 Å². The van der Waals surface area contributed by atoms with Gasteiger partial charge in [0.15, 0.2) is 5.16 Å². The zero-order valence-corrected chi connectivity index (χ0v) is 14.1. The van der Waals surface area contributed by atoms with Gasteiger partial charge >= 0.3 is 0 Å². The Bertz CT molecular complexity index is 806. The summed E-state index contributed by atoms with van der Waals surface area (Å²) >= 11 is 7.51. The molecule has 1 unspecified atom stereocenters. The van der Waals surface area contributed by atoms with Crippen molar-refractivity contribution in [3.8, 4) is 0 Å². The van der Waals surface area contributed by atoms with E-state index in [0.717, 1.165) is 17.7 Å². The molecule has 2 N–H and O–H groups in total. The van der Waals surface area contributed by atoms with Crippen LogP contribution >= 0.6 is 23.4 Å². The molecule has 7 heteroatoms. The van der Waals surface area contributed by atoms with Crippen molar-refractivity contribution >= 4 is 35.1 Å². The maximum Gasteiger partial charge on any atom is 0.257 e. The lowest BCUT2D eigenvalue weighted by atomic mass is 9.87. The molecule has 1 aliphatic rings. The molecule has 1 aromatic carbocycles. The van der Waals surface area contributed by atoms with Gasteiger partial charge in [-0.15, -0.1) is 0 Å². The number of fused-ring (bicyclic) bond motifs is 1. The highest BCUT2D eigenvalue weighted by Gasteiger charge is 2.30.